The molecule has 0 aliphatic carbocycles. The van der Waals surface area contributed by atoms with Crippen LogP contribution in [-0.2, 0) is 18.0 Å². The summed E-state index contributed by atoms with van der Waals surface area (Å²) in [6, 6.07) is 9.88. The van der Waals surface area contributed by atoms with Crippen LogP contribution in [-0.4, -0.2) is 31.2 Å². The molecule has 0 amide bonds. The molecule has 0 radical (unpaired) electrons. The Balaban J connectivity index is 1.68. The Kier molecular flexibility index (Phi) is 4.58. The highest BCUT2D eigenvalue weighted by molar-refractivity contribution is 5.76. The molecule has 1 N–H and O–H groups in total. The summed E-state index contributed by atoms with van der Waals surface area (Å²) >= 11 is 0. The van der Waals surface area contributed by atoms with Crippen molar-refractivity contribution in [3.63, 3.8) is 0 Å². The van der Waals surface area contributed by atoms with Gasteiger partial charge in [-0.3, -0.25) is 4.57 Å². The van der Waals surface area contributed by atoms with E-state index in [0.29, 0.717) is 36.1 Å². The van der Waals surface area contributed by atoms with Crippen LogP contribution in [0.4, 0.5) is 0 Å². The molecule has 2 aromatic heterocycles. The lowest BCUT2D eigenvalue weighted by atomic mass is 10.2. The topological polar surface area (TPSA) is 82.3 Å². The number of fused-ring (bicyclic) bond motifs is 1. The molecule has 1 aliphatic heterocycles. The van der Waals surface area contributed by atoms with Gasteiger partial charge < -0.3 is 14.6 Å². The van der Waals surface area contributed by atoms with E-state index in [2.05, 4.69) is 15.0 Å². The molecule has 4 rings (SSSR count). The van der Waals surface area contributed by atoms with Crippen molar-refractivity contribution in [1.82, 2.24) is 19.5 Å². The Morgan fingerprint density at radius 2 is 2.08 bits per heavy atom. The molecule has 0 bridgehead atoms. The summed E-state index contributed by atoms with van der Waals surface area (Å²) in [7, 11) is 0. The van der Waals surface area contributed by atoms with Gasteiger partial charge in [-0.1, -0.05) is 30.3 Å². The maximum atomic E-state index is 9.72. The molecule has 25 heavy (non-hydrogen) atoms. The first-order valence-corrected chi connectivity index (χ1v) is 8.48. The number of aliphatic hydroxyl groups excluding tert-OH is 1. The Labute approximate surface area is 145 Å². The van der Waals surface area contributed by atoms with Crippen LogP contribution in [0.2, 0.25) is 0 Å². The number of aromatic nitrogens is 4. The molecule has 7 heteroatoms. The Hall–Kier alpha value is -2.51. The van der Waals surface area contributed by atoms with Gasteiger partial charge in [-0.25, -0.2) is 9.97 Å². The molecule has 0 saturated carbocycles. The summed E-state index contributed by atoms with van der Waals surface area (Å²) in [6.45, 7) is 0.917. The fraction of sp³-hybridized carbons (Fsp3) is 0.389. The molecule has 1 unspecified atom stereocenters. The number of nitrogens with zero attached hydrogens (tertiary/aromatic N) is 4. The average Bonchev–Trinajstić information content (AvgIpc) is 3.07. The Bertz CT molecular complexity index is 844. The van der Waals surface area contributed by atoms with Gasteiger partial charge >= 0.3 is 0 Å². The van der Waals surface area contributed by atoms with Crippen molar-refractivity contribution in [3.05, 3.63) is 48.0 Å². The highest BCUT2D eigenvalue weighted by Gasteiger charge is 2.24. The minimum absolute atomic E-state index is 0.155. The second-order valence-corrected chi connectivity index (χ2v) is 6.00. The van der Waals surface area contributed by atoms with Crippen molar-refractivity contribution in [2.24, 2.45) is 0 Å². The first-order valence-electron chi connectivity index (χ1n) is 8.48. The largest absolute Gasteiger partial charge is 0.471 e. The molecule has 1 aliphatic rings. The molecule has 7 nitrogen and oxygen atoms in total. The predicted octanol–water partition coefficient (Wildman–Crippen LogP) is 2.60. The second kappa shape index (κ2) is 7.16. The van der Waals surface area contributed by atoms with Gasteiger partial charge in [0.05, 0.1) is 0 Å². The van der Waals surface area contributed by atoms with Crippen molar-refractivity contribution >= 4 is 11.2 Å². The Morgan fingerprint density at radius 1 is 1.20 bits per heavy atom. The minimum atomic E-state index is -0.186. The van der Waals surface area contributed by atoms with Crippen LogP contribution in [0.15, 0.2) is 36.7 Å². The summed E-state index contributed by atoms with van der Waals surface area (Å²) in [4.78, 5) is 13.1. The number of ether oxygens (including phenoxy) is 2. The van der Waals surface area contributed by atoms with Gasteiger partial charge in [-0.15, -0.1) is 0 Å². The number of imidazole rings is 1. The van der Waals surface area contributed by atoms with Gasteiger partial charge in [-0.2, -0.15) is 4.98 Å². The molecule has 130 valence electrons. The van der Waals surface area contributed by atoms with E-state index in [-0.39, 0.29) is 12.8 Å². The highest BCUT2D eigenvalue weighted by atomic mass is 16.5. The van der Waals surface area contributed by atoms with E-state index in [0.717, 1.165) is 24.8 Å². The number of rotatable bonds is 5. The maximum Gasteiger partial charge on any atom is 0.245 e. The number of hydrogen-bond acceptors (Lipinski definition) is 6. The Morgan fingerprint density at radius 3 is 2.84 bits per heavy atom. The lowest BCUT2D eigenvalue weighted by Gasteiger charge is -2.25. The fourth-order valence-electron chi connectivity index (χ4n) is 3.11. The van der Waals surface area contributed by atoms with Gasteiger partial charge in [0.25, 0.3) is 0 Å². The normalized spacial score (nSPS) is 17.7. The van der Waals surface area contributed by atoms with Crippen LogP contribution >= 0.6 is 0 Å². The quantitative estimate of drug-likeness (QED) is 0.769. The van der Waals surface area contributed by atoms with Crippen LogP contribution in [0, 0.1) is 0 Å². The van der Waals surface area contributed by atoms with Crippen molar-refractivity contribution in [2.75, 3.05) is 6.61 Å². The summed E-state index contributed by atoms with van der Waals surface area (Å²) in [5.41, 5.74) is 2.23. The molecule has 1 saturated heterocycles. The van der Waals surface area contributed by atoms with Crippen LogP contribution in [0.5, 0.6) is 5.88 Å². The van der Waals surface area contributed by atoms with E-state index in [1.165, 1.54) is 6.33 Å². The minimum Gasteiger partial charge on any atom is -0.471 e. The fourth-order valence-corrected chi connectivity index (χ4v) is 3.11. The maximum absolute atomic E-state index is 9.72. The van der Waals surface area contributed by atoms with Gasteiger partial charge in [-0.05, 0) is 24.8 Å². The molecular weight excluding hydrogens is 320 g/mol. The van der Waals surface area contributed by atoms with E-state index < -0.39 is 0 Å². The number of benzene rings is 1. The van der Waals surface area contributed by atoms with Gasteiger partial charge in [0.2, 0.25) is 5.88 Å². The second-order valence-electron chi connectivity index (χ2n) is 6.00. The van der Waals surface area contributed by atoms with Crippen molar-refractivity contribution in [3.8, 4) is 5.88 Å². The zero-order valence-electron chi connectivity index (χ0n) is 13.8. The smallest absolute Gasteiger partial charge is 0.245 e. The zero-order valence-corrected chi connectivity index (χ0v) is 13.8. The summed E-state index contributed by atoms with van der Waals surface area (Å²) in [6.07, 6.45) is 4.32. The van der Waals surface area contributed by atoms with Crippen LogP contribution < -0.4 is 4.74 Å². The SMILES string of the molecule is OCc1nc2c(OCc3ccccc3)ncnc2n1C1CCCCO1. The number of aliphatic hydroxyl groups is 1. The van der Waals surface area contributed by atoms with E-state index in [1.54, 1.807) is 0 Å². The number of hydrogen-bond donors (Lipinski definition) is 1. The molecule has 1 atom stereocenters. The first-order chi connectivity index (χ1) is 12.4. The van der Waals surface area contributed by atoms with Crippen LogP contribution in [0.25, 0.3) is 11.2 Å². The third-order valence-corrected chi connectivity index (χ3v) is 4.32. The summed E-state index contributed by atoms with van der Waals surface area (Å²) in [5.74, 6) is 0.935. The van der Waals surface area contributed by atoms with Crippen molar-refractivity contribution in [2.45, 2.75) is 38.7 Å². The van der Waals surface area contributed by atoms with E-state index >= 15 is 0 Å². The van der Waals surface area contributed by atoms with Crippen molar-refractivity contribution < 1.29 is 14.6 Å². The molecular formula is C18H20N4O3. The first kappa shape index (κ1) is 16.0. The molecule has 1 aromatic carbocycles. The summed E-state index contributed by atoms with van der Waals surface area (Å²) < 4.78 is 13.6. The third-order valence-electron chi connectivity index (χ3n) is 4.32. The monoisotopic (exact) mass is 340 g/mol. The van der Waals surface area contributed by atoms with Crippen LogP contribution in [0.3, 0.4) is 0 Å². The van der Waals surface area contributed by atoms with Gasteiger partial charge in [0, 0.05) is 6.61 Å². The van der Waals surface area contributed by atoms with E-state index in [1.807, 2.05) is 34.9 Å². The summed E-state index contributed by atoms with van der Waals surface area (Å²) in [5, 5.41) is 9.72. The van der Waals surface area contributed by atoms with E-state index in [4.69, 9.17) is 9.47 Å². The standard InChI is InChI=1S/C18H20N4O3/c23-10-14-21-16-17(22(14)15-8-4-5-9-24-15)19-12-20-18(16)25-11-13-6-2-1-3-7-13/h1-3,6-7,12,15,23H,4-5,8-11H2. The molecule has 3 heterocycles. The molecule has 1 fully saturated rings. The lowest BCUT2D eigenvalue weighted by Crippen LogP contribution is -2.20. The van der Waals surface area contributed by atoms with Crippen LogP contribution in [0.1, 0.15) is 36.9 Å². The third kappa shape index (κ3) is 3.20. The zero-order chi connectivity index (χ0) is 17.1. The van der Waals surface area contributed by atoms with Gasteiger partial charge in [0.15, 0.2) is 11.2 Å². The van der Waals surface area contributed by atoms with Crippen molar-refractivity contribution in [1.29, 1.82) is 0 Å². The van der Waals surface area contributed by atoms with Gasteiger partial charge in [0.1, 0.15) is 31.6 Å². The van der Waals surface area contributed by atoms with E-state index in [9.17, 15) is 5.11 Å². The molecule has 0 spiro atoms. The lowest BCUT2D eigenvalue weighted by molar-refractivity contribution is -0.0329. The highest BCUT2D eigenvalue weighted by Crippen LogP contribution is 2.30. The molecule has 3 aromatic rings. The predicted molar refractivity (Wildman–Crippen MR) is 90.9 cm³/mol. The average molecular weight is 340 g/mol.